The fraction of sp³-hybridized carbons (Fsp3) is 0.600. The number of benzene rings is 1. The molecule has 0 bridgehead atoms. The van der Waals surface area contributed by atoms with Gasteiger partial charge in [0.15, 0.2) is 11.5 Å². The maximum absolute atomic E-state index is 13.0. The van der Waals surface area contributed by atoms with Crippen molar-refractivity contribution in [2.75, 3.05) is 40.5 Å². The Morgan fingerprint density at radius 1 is 1.25 bits per heavy atom. The van der Waals surface area contributed by atoms with Gasteiger partial charge in [0, 0.05) is 32.2 Å². The Bertz CT molecular complexity index is 924. The molecular formula is C25H37IN2O8. The first kappa shape index (κ1) is 30.3. The number of halogens is 1. The van der Waals surface area contributed by atoms with E-state index in [1.54, 1.807) is 23.1 Å². The minimum atomic E-state index is -1.15. The second-order valence-corrected chi connectivity index (χ2v) is 10.1. The number of nitrogens with zero attached hydrogens (tertiary/aromatic N) is 1. The van der Waals surface area contributed by atoms with E-state index >= 15 is 0 Å². The number of methoxy groups -OCH3 is 2. The Hall–Kier alpha value is -1.93. The Kier molecular flexibility index (Phi) is 12.4. The van der Waals surface area contributed by atoms with E-state index in [0.29, 0.717) is 45.1 Å². The summed E-state index contributed by atoms with van der Waals surface area (Å²) in [5, 5.41) is 32.7. The minimum absolute atomic E-state index is 0.0724. The fourth-order valence-corrected chi connectivity index (χ4v) is 4.77. The van der Waals surface area contributed by atoms with Gasteiger partial charge in [-0.05, 0) is 58.7 Å². The van der Waals surface area contributed by atoms with Crippen LogP contribution in [-0.2, 0) is 20.9 Å². The molecule has 0 aromatic heterocycles. The Balaban J connectivity index is 2.48. The zero-order valence-electron chi connectivity index (χ0n) is 21.2. The van der Waals surface area contributed by atoms with Crippen LogP contribution in [0.1, 0.15) is 32.3 Å². The van der Waals surface area contributed by atoms with Gasteiger partial charge in [0.1, 0.15) is 18.8 Å². The number of amides is 2. The van der Waals surface area contributed by atoms with Crippen LogP contribution in [-0.4, -0.2) is 90.8 Å². The number of hydrogen-bond donors (Lipinski definition) is 4. The smallest absolute Gasteiger partial charge is 0.248 e. The molecule has 3 atom stereocenters. The van der Waals surface area contributed by atoms with Gasteiger partial charge in [0.25, 0.3) is 0 Å². The minimum Gasteiger partial charge on any atom is -0.493 e. The van der Waals surface area contributed by atoms with Gasteiger partial charge in [-0.1, -0.05) is 13.8 Å². The molecule has 0 aliphatic heterocycles. The number of ether oxygens (including phenoxy) is 3. The zero-order chi connectivity index (χ0) is 26.8. The number of rotatable bonds is 13. The summed E-state index contributed by atoms with van der Waals surface area (Å²) in [5.74, 6) is 0.331. The number of aliphatic hydroxyl groups excluding tert-OH is 3. The van der Waals surface area contributed by atoms with Crippen molar-refractivity contribution < 1.29 is 39.1 Å². The Morgan fingerprint density at radius 2 is 1.97 bits per heavy atom. The van der Waals surface area contributed by atoms with Crippen LogP contribution in [0.3, 0.4) is 0 Å². The van der Waals surface area contributed by atoms with Crippen molar-refractivity contribution in [1.82, 2.24) is 10.2 Å². The summed E-state index contributed by atoms with van der Waals surface area (Å²) in [6.45, 7) is 3.98. The number of carbonyl (C=O) groups is 2. The third-order valence-corrected chi connectivity index (χ3v) is 6.68. The molecule has 0 heterocycles. The molecule has 10 nitrogen and oxygen atoms in total. The summed E-state index contributed by atoms with van der Waals surface area (Å²) in [5.41, 5.74) is 0.972. The van der Waals surface area contributed by atoms with Crippen LogP contribution >= 0.6 is 22.6 Å². The van der Waals surface area contributed by atoms with E-state index in [1.807, 2.05) is 13.8 Å². The van der Waals surface area contributed by atoms with Crippen LogP contribution in [0.5, 0.6) is 11.5 Å². The molecule has 0 saturated carbocycles. The third-order valence-electron chi connectivity index (χ3n) is 5.88. The highest BCUT2D eigenvalue weighted by Crippen LogP contribution is 2.37. The van der Waals surface area contributed by atoms with Crippen LogP contribution in [0.4, 0.5) is 0 Å². The monoisotopic (exact) mass is 620 g/mol. The standard InChI is InChI=1S/C25H37IN2O8/c1-15(2)5-7-28(22(31)14-34-3)19-11-17(25(33)27-6-8-29)12-20(23(19)32)36-24-18(26)9-16(13-30)10-21(24)35-4/h9-10,12,15,19-20,23,29-30,32H,5-8,11,13-14H2,1-4H3,(H,27,33)/t19-,20+,23+/m1/s1. The van der Waals surface area contributed by atoms with E-state index in [-0.39, 0.29) is 38.7 Å². The molecule has 1 aromatic carbocycles. The topological polar surface area (TPSA) is 138 Å². The van der Waals surface area contributed by atoms with Crippen molar-refractivity contribution in [1.29, 1.82) is 0 Å². The van der Waals surface area contributed by atoms with Crippen LogP contribution in [0, 0.1) is 9.49 Å². The molecule has 0 unspecified atom stereocenters. The highest BCUT2D eigenvalue weighted by molar-refractivity contribution is 14.1. The molecule has 4 N–H and O–H groups in total. The lowest BCUT2D eigenvalue weighted by molar-refractivity contribution is -0.142. The molecule has 11 heteroatoms. The summed E-state index contributed by atoms with van der Waals surface area (Å²) in [7, 11) is 2.90. The van der Waals surface area contributed by atoms with Gasteiger partial charge in [-0.2, -0.15) is 0 Å². The van der Waals surface area contributed by atoms with Crippen LogP contribution in [0.2, 0.25) is 0 Å². The lowest BCUT2D eigenvalue weighted by atomic mass is 9.87. The number of carbonyl (C=O) groups excluding carboxylic acids is 2. The molecule has 0 fully saturated rings. The van der Waals surface area contributed by atoms with Crippen molar-refractivity contribution >= 4 is 34.4 Å². The summed E-state index contributed by atoms with van der Waals surface area (Å²) >= 11 is 2.05. The van der Waals surface area contributed by atoms with Crippen LogP contribution < -0.4 is 14.8 Å². The van der Waals surface area contributed by atoms with Gasteiger partial charge >= 0.3 is 0 Å². The van der Waals surface area contributed by atoms with Gasteiger partial charge < -0.3 is 39.7 Å². The molecule has 0 spiro atoms. The summed E-state index contributed by atoms with van der Waals surface area (Å²) < 4.78 is 17.4. The van der Waals surface area contributed by atoms with Gasteiger partial charge in [-0.3, -0.25) is 9.59 Å². The summed E-state index contributed by atoms with van der Waals surface area (Å²) in [6, 6.07) is 2.64. The number of aliphatic hydroxyl groups is 3. The van der Waals surface area contributed by atoms with Crippen molar-refractivity contribution in [2.45, 2.75) is 51.5 Å². The van der Waals surface area contributed by atoms with Gasteiger partial charge in [0.2, 0.25) is 11.8 Å². The lowest BCUT2D eigenvalue weighted by Crippen LogP contribution is -2.56. The maximum atomic E-state index is 13.0. The molecule has 0 radical (unpaired) electrons. The van der Waals surface area contributed by atoms with Crippen LogP contribution in [0.25, 0.3) is 0 Å². The highest BCUT2D eigenvalue weighted by atomic mass is 127. The summed E-state index contributed by atoms with van der Waals surface area (Å²) in [6.07, 6.45) is 0.242. The van der Waals surface area contributed by atoms with Crippen molar-refractivity contribution in [3.05, 3.63) is 32.9 Å². The van der Waals surface area contributed by atoms with E-state index in [0.717, 1.165) is 0 Å². The van der Waals surface area contributed by atoms with E-state index in [2.05, 4.69) is 27.9 Å². The lowest BCUT2D eigenvalue weighted by Gasteiger charge is -2.41. The van der Waals surface area contributed by atoms with Gasteiger partial charge in [0.05, 0.1) is 29.9 Å². The molecule has 2 rings (SSSR count). The fourth-order valence-electron chi connectivity index (χ4n) is 3.97. The average Bonchev–Trinajstić information content (AvgIpc) is 2.85. The molecule has 0 saturated heterocycles. The summed E-state index contributed by atoms with van der Waals surface area (Å²) in [4.78, 5) is 27.4. The molecule has 1 aliphatic carbocycles. The first-order valence-electron chi connectivity index (χ1n) is 11.9. The molecule has 36 heavy (non-hydrogen) atoms. The second-order valence-electron chi connectivity index (χ2n) is 8.99. The van der Waals surface area contributed by atoms with E-state index in [9.17, 15) is 19.8 Å². The SMILES string of the molecule is COCC(=O)N(CCC(C)C)[C@@H]1CC(C(=O)NCCO)=C[C@H](Oc2c(I)cc(CO)cc2OC)[C@H]1O. The van der Waals surface area contributed by atoms with Gasteiger partial charge in [-0.15, -0.1) is 0 Å². The van der Waals surface area contributed by atoms with E-state index < -0.39 is 24.2 Å². The van der Waals surface area contributed by atoms with Crippen molar-refractivity contribution in [3.8, 4) is 11.5 Å². The molecule has 202 valence electrons. The third kappa shape index (κ3) is 8.04. The quantitative estimate of drug-likeness (QED) is 0.242. The largest absolute Gasteiger partial charge is 0.493 e. The molecule has 1 aromatic rings. The molecular weight excluding hydrogens is 583 g/mol. The normalized spacial score (nSPS) is 19.6. The second kappa shape index (κ2) is 14.7. The van der Waals surface area contributed by atoms with E-state index in [1.165, 1.54) is 14.2 Å². The maximum Gasteiger partial charge on any atom is 0.248 e. The first-order chi connectivity index (χ1) is 17.2. The highest BCUT2D eigenvalue weighted by Gasteiger charge is 2.40. The van der Waals surface area contributed by atoms with Crippen molar-refractivity contribution in [2.24, 2.45) is 5.92 Å². The van der Waals surface area contributed by atoms with Gasteiger partial charge in [-0.25, -0.2) is 0 Å². The molecule has 1 aliphatic rings. The number of nitrogens with one attached hydrogen (secondary N) is 1. The van der Waals surface area contributed by atoms with E-state index in [4.69, 9.17) is 19.3 Å². The Morgan fingerprint density at radius 3 is 2.56 bits per heavy atom. The predicted octanol–water partition coefficient (Wildman–Crippen LogP) is 1.23. The van der Waals surface area contributed by atoms with Crippen molar-refractivity contribution in [3.63, 3.8) is 0 Å². The zero-order valence-corrected chi connectivity index (χ0v) is 23.4. The van der Waals surface area contributed by atoms with Crippen LogP contribution in [0.15, 0.2) is 23.8 Å². The molecule has 2 amide bonds. The number of hydrogen-bond acceptors (Lipinski definition) is 8. The first-order valence-corrected chi connectivity index (χ1v) is 12.9. The Labute approximate surface area is 225 Å². The average molecular weight is 620 g/mol. The predicted molar refractivity (Wildman–Crippen MR) is 142 cm³/mol.